The summed E-state index contributed by atoms with van der Waals surface area (Å²) in [5, 5.41) is 2.92. The Labute approximate surface area is 113 Å². The summed E-state index contributed by atoms with van der Waals surface area (Å²) in [6.45, 7) is 5.25. The molecule has 0 aromatic carbocycles. The number of hydrogen-bond donors (Lipinski definition) is 1. The Hall–Kier alpha value is -1.33. The number of furan rings is 1. The molecule has 0 bridgehead atoms. The van der Waals surface area contributed by atoms with Crippen LogP contribution in [-0.4, -0.2) is 43.7 Å². The lowest BCUT2D eigenvalue weighted by molar-refractivity contribution is -0.125. The van der Waals surface area contributed by atoms with Crippen molar-refractivity contribution in [2.24, 2.45) is 0 Å². The van der Waals surface area contributed by atoms with Crippen LogP contribution in [0.1, 0.15) is 31.6 Å². The molecule has 5 heteroatoms. The number of rotatable bonds is 7. The molecule has 5 nitrogen and oxygen atoms in total. The van der Waals surface area contributed by atoms with Crippen LogP contribution in [0.25, 0.3) is 0 Å². The molecule has 1 amide bonds. The van der Waals surface area contributed by atoms with Gasteiger partial charge in [-0.2, -0.15) is 0 Å². The predicted octanol–water partition coefficient (Wildman–Crippen LogP) is 1.57. The molecule has 2 heterocycles. The van der Waals surface area contributed by atoms with E-state index in [1.165, 1.54) is 12.8 Å². The van der Waals surface area contributed by atoms with E-state index in [0.29, 0.717) is 13.2 Å². The second-order valence-corrected chi connectivity index (χ2v) is 4.72. The monoisotopic (exact) mass is 266 g/mol. The molecule has 1 aliphatic heterocycles. The molecule has 0 radical (unpaired) electrons. The Bertz CT molecular complexity index is 372. The molecule has 1 atom stereocenters. The largest absolute Gasteiger partial charge is 0.468 e. The van der Waals surface area contributed by atoms with Crippen LogP contribution in [-0.2, 0) is 9.53 Å². The first-order chi connectivity index (χ1) is 9.31. The number of hydrogen-bond acceptors (Lipinski definition) is 4. The summed E-state index contributed by atoms with van der Waals surface area (Å²) in [6.07, 6.45) is 4.11. The molecule has 106 valence electrons. The number of carbonyl (C=O) groups is 1. The molecule has 1 saturated heterocycles. The van der Waals surface area contributed by atoms with Crippen molar-refractivity contribution >= 4 is 5.91 Å². The van der Waals surface area contributed by atoms with Gasteiger partial charge >= 0.3 is 0 Å². The van der Waals surface area contributed by atoms with E-state index in [2.05, 4.69) is 10.2 Å². The SMILES string of the molecule is CCOCC(=O)NC[C@H](c1ccco1)N1CCCC1. The van der Waals surface area contributed by atoms with Crippen LogP contribution in [0.2, 0.25) is 0 Å². The van der Waals surface area contributed by atoms with Crippen LogP contribution in [0, 0.1) is 0 Å². The molecule has 1 aromatic rings. The lowest BCUT2D eigenvalue weighted by Crippen LogP contribution is -2.38. The third kappa shape index (κ3) is 4.08. The number of carbonyl (C=O) groups excluding carboxylic acids is 1. The van der Waals surface area contributed by atoms with Gasteiger partial charge in [0.15, 0.2) is 0 Å². The van der Waals surface area contributed by atoms with E-state index < -0.39 is 0 Å². The minimum atomic E-state index is -0.0717. The summed E-state index contributed by atoms with van der Waals surface area (Å²) in [7, 11) is 0. The van der Waals surface area contributed by atoms with E-state index in [9.17, 15) is 4.79 Å². The Kier molecular flexibility index (Phi) is 5.42. The van der Waals surface area contributed by atoms with Gasteiger partial charge in [-0.1, -0.05) is 0 Å². The summed E-state index contributed by atoms with van der Waals surface area (Å²) in [6, 6.07) is 3.99. The van der Waals surface area contributed by atoms with Crippen LogP contribution in [0.3, 0.4) is 0 Å². The van der Waals surface area contributed by atoms with E-state index in [4.69, 9.17) is 9.15 Å². The molecular weight excluding hydrogens is 244 g/mol. The van der Waals surface area contributed by atoms with Gasteiger partial charge in [-0.25, -0.2) is 0 Å². The van der Waals surface area contributed by atoms with Crippen LogP contribution < -0.4 is 5.32 Å². The maximum atomic E-state index is 11.6. The zero-order valence-electron chi connectivity index (χ0n) is 11.4. The topological polar surface area (TPSA) is 54.7 Å². The predicted molar refractivity (Wildman–Crippen MR) is 71.8 cm³/mol. The minimum Gasteiger partial charge on any atom is -0.468 e. The molecule has 19 heavy (non-hydrogen) atoms. The number of likely N-dealkylation sites (tertiary alicyclic amines) is 1. The van der Waals surface area contributed by atoms with Crippen molar-refractivity contribution in [2.45, 2.75) is 25.8 Å². The third-order valence-corrected chi connectivity index (χ3v) is 3.38. The first-order valence-corrected chi connectivity index (χ1v) is 6.93. The molecule has 0 unspecified atom stereocenters. The molecule has 1 aromatic heterocycles. The lowest BCUT2D eigenvalue weighted by Gasteiger charge is -2.25. The standard InChI is InChI=1S/C14H22N2O3/c1-2-18-11-14(17)15-10-12(13-6-5-9-19-13)16-7-3-4-8-16/h5-6,9,12H,2-4,7-8,10-11H2,1H3,(H,15,17)/t12-/m1/s1. The van der Waals surface area contributed by atoms with Gasteiger partial charge in [-0.05, 0) is 45.0 Å². The number of nitrogens with zero attached hydrogens (tertiary/aromatic N) is 1. The van der Waals surface area contributed by atoms with E-state index in [-0.39, 0.29) is 18.6 Å². The quantitative estimate of drug-likeness (QED) is 0.814. The first kappa shape index (κ1) is 14.1. The molecule has 0 aliphatic carbocycles. The second kappa shape index (κ2) is 7.31. The third-order valence-electron chi connectivity index (χ3n) is 3.38. The zero-order valence-corrected chi connectivity index (χ0v) is 11.4. The van der Waals surface area contributed by atoms with Crippen molar-refractivity contribution in [2.75, 3.05) is 32.8 Å². The summed E-state index contributed by atoms with van der Waals surface area (Å²) < 4.78 is 10.6. The fourth-order valence-corrected chi connectivity index (χ4v) is 2.40. The highest BCUT2D eigenvalue weighted by Gasteiger charge is 2.25. The van der Waals surface area contributed by atoms with Crippen molar-refractivity contribution in [3.8, 4) is 0 Å². The zero-order chi connectivity index (χ0) is 13.5. The highest BCUT2D eigenvalue weighted by Crippen LogP contribution is 2.24. The first-order valence-electron chi connectivity index (χ1n) is 6.93. The van der Waals surface area contributed by atoms with E-state index in [1.54, 1.807) is 6.26 Å². The highest BCUT2D eigenvalue weighted by atomic mass is 16.5. The fourth-order valence-electron chi connectivity index (χ4n) is 2.40. The fraction of sp³-hybridized carbons (Fsp3) is 0.643. The summed E-state index contributed by atoms with van der Waals surface area (Å²) >= 11 is 0. The van der Waals surface area contributed by atoms with E-state index in [1.807, 2.05) is 19.1 Å². The number of nitrogens with one attached hydrogen (secondary N) is 1. The molecule has 1 aliphatic rings. The molecule has 0 saturated carbocycles. The normalized spacial score (nSPS) is 17.5. The Morgan fingerprint density at radius 3 is 2.95 bits per heavy atom. The summed E-state index contributed by atoms with van der Waals surface area (Å²) in [5.41, 5.74) is 0. The van der Waals surface area contributed by atoms with E-state index >= 15 is 0 Å². The van der Waals surface area contributed by atoms with Gasteiger partial charge in [-0.3, -0.25) is 9.69 Å². The molecule has 1 N–H and O–H groups in total. The Morgan fingerprint density at radius 2 is 2.32 bits per heavy atom. The van der Waals surface area contributed by atoms with Gasteiger partial charge in [0.25, 0.3) is 0 Å². The smallest absolute Gasteiger partial charge is 0.246 e. The van der Waals surface area contributed by atoms with Crippen LogP contribution in [0.5, 0.6) is 0 Å². The number of ether oxygens (including phenoxy) is 1. The highest BCUT2D eigenvalue weighted by molar-refractivity contribution is 5.77. The van der Waals surface area contributed by atoms with Gasteiger partial charge in [0.1, 0.15) is 12.4 Å². The van der Waals surface area contributed by atoms with Gasteiger partial charge in [-0.15, -0.1) is 0 Å². The van der Waals surface area contributed by atoms with Gasteiger partial charge in [0.2, 0.25) is 5.91 Å². The van der Waals surface area contributed by atoms with Crippen molar-refractivity contribution in [1.29, 1.82) is 0 Å². The molecule has 2 rings (SSSR count). The summed E-state index contributed by atoms with van der Waals surface area (Å²) in [4.78, 5) is 14.0. The molecule has 0 spiro atoms. The van der Waals surface area contributed by atoms with Crippen molar-refractivity contribution in [1.82, 2.24) is 10.2 Å². The van der Waals surface area contributed by atoms with Crippen molar-refractivity contribution < 1.29 is 13.9 Å². The minimum absolute atomic E-state index is 0.0717. The maximum Gasteiger partial charge on any atom is 0.246 e. The summed E-state index contributed by atoms with van der Waals surface area (Å²) in [5.74, 6) is 0.844. The maximum absolute atomic E-state index is 11.6. The second-order valence-electron chi connectivity index (χ2n) is 4.72. The average Bonchev–Trinajstić information content (AvgIpc) is 3.09. The van der Waals surface area contributed by atoms with Crippen LogP contribution in [0.15, 0.2) is 22.8 Å². The Morgan fingerprint density at radius 1 is 1.53 bits per heavy atom. The van der Waals surface area contributed by atoms with Crippen molar-refractivity contribution in [3.63, 3.8) is 0 Å². The van der Waals surface area contributed by atoms with Crippen LogP contribution in [0.4, 0.5) is 0 Å². The lowest BCUT2D eigenvalue weighted by atomic mass is 10.2. The number of amides is 1. The van der Waals surface area contributed by atoms with Gasteiger partial charge < -0.3 is 14.5 Å². The Balaban J connectivity index is 1.89. The average molecular weight is 266 g/mol. The van der Waals surface area contributed by atoms with Gasteiger partial charge in [0.05, 0.1) is 12.3 Å². The molecular formula is C14H22N2O3. The van der Waals surface area contributed by atoms with Gasteiger partial charge in [0, 0.05) is 13.2 Å². The van der Waals surface area contributed by atoms with Crippen LogP contribution >= 0.6 is 0 Å². The van der Waals surface area contributed by atoms with E-state index in [0.717, 1.165) is 18.8 Å². The molecule has 1 fully saturated rings. The van der Waals surface area contributed by atoms with Crippen molar-refractivity contribution in [3.05, 3.63) is 24.2 Å².